The quantitative estimate of drug-likeness (QED) is 0.0460. The van der Waals surface area contributed by atoms with Gasteiger partial charge in [0.25, 0.3) is 5.91 Å². The van der Waals surface area contributed by atoms with Gasteiger partial charge in [-0.2, -0.15) is 0 Å². The number of nitrogens with one attached hydrogen (secondary N) is 2. The summed E-state index contributed by atoms with van der Waals surface area (Å²) in [6.07, 6.45) is -18.8. The molecule has 0 aromatic rings. The number of amides is 1. The molecule has 0 radical (unpaired) electrons. The van der Waals surface area contributed by atoms with Gasteiger partial charge in [-0.1, -0.05) is 0 Å². The fourth-order valence-electron chi connectivity index (χ4n) is 14.0. The average Bonchev–Trinajstić information content (AvgIpc) is 0.752. The van der Waals surface area contributed by atoms with Crippen molar-refractivity contribution in [3.8, 4) is 12.3 Å². The van der Waals surface area contributed by atoms with Crippen molar-refractivity contribution in [1.29, 1.82) is 0 Å². The molecule has 91 heavy (non-hydrogen) atoms. The monoisotopic (exact) mass is 1320 g/mol. The van der Waals surface area contributed by atoms with E-state index in [1.165, 1.54) is 121 Å². The standard InChI is InChI=1S/C59H104N2O30/c1-21-34(63)60-53-36(43(72-10)37(70-8)29(22-62)59(53,64)27-69-7)61-35-28(2)83-55(48(77-15)42(35)71-9)88-39-31(24-66-4)85-57(50(79-17)45(39)74-12)90-41-33(26-68-6)87-58(52(81-19)47(41)76-14)91-40-32(25-67-5)86-56(51(80-18)46(40)75-13)89-38-30(23-65-3)84-54(82-20)49(78-16)44(38)73-11/h1,28-33,35-58,61-62,64H,22-27H2,2-20H3,(H,60,63)/t28?,29-,30?,31?,32?,33?,35+,36+,37-,38+,39+,40+,41+,42-,43?,44-,45-,46-,47-,48?,49?,50?,51?,52?,53?,54-,55+,56-,57-,58-,59?/m1/s1. The van der Waals surface area contributed by atoms with Crippen molar-refractivity contribution in [3.05, 3.63) is 0 Å². The van der Waals surface area contributed by atoms with Gasteiger partial charge in [-0.15, -0.1) is 6.42 Å². The van der Waals surface area contributed by atoms with Crippen LogP contribution in [0.3, 0.4) is 0 Å². The van der Waals surface area contributed by atoms with Crippen LogP contribution in [0.25, 0.3) is 0 Å². The summed E-state index contributed by atoms with van der Waals surface area (Å²) in [6, 6.07) is -2.99. The summed E-state index contributed by atoms with van der Waals surface area (Å²) in [5.41, 5.74) is -1.95. The fraction of sp³-hybridized carbons (Fsp3) is 0.949. The van der Waals surface area contributed by atoms with E-state index in [2.05, 4.69) is 16.6 Å². The van der Waals surface area contributed by atoms with Crippen molar-refractivity contribution in [2.45, 2.75) is 190 Å². The molecule has 0 spiro atoms. The topological polar surface area (TPSA) is 331 Å². The molecular weight excluding hydrogens is 1220 g/mol. The van der Waals surface area contributed by atoms with Gasteiger partial charge < -0.3 is 149 Å². The molecule has 0 bridgehead atoms. The van der Waals surface area contributed by atoms with Crippen molar-refractivity contribution in [2.24, 2.45) is 5.92 Å². The summed E-state index contributed by atoms with van der Waals surface area (Å²) in [4.78, 5) is 13.0. The second-order valence-electron chi connectivity index (χ2n) is 22.8. The Morgan fingerprint density at radius 2 is 0.714 bits per heavy atom. The number of ether oxygens (including phenoxy) is 27. The number of hydrogen-bond donors (Lipinski definition) is 4. The molecule has 1 amide bonds. The van der Waals surface area contributed by atoms with Gasteiger partial charge in [-0.3, -0.25) is 4.79 Å². The smallest absolute Gasteiger partial charge is 0.296 e. The van der Waals surface area contributed by atoms with Crippen molar-refractivity contribution >= 4 is 5.91 Å². The summed E-state index contributed by atoms with van der Waals surface area (Å²) in [5, 5.41) is 29.5. The predicted molar refractivity (Wildman–Crippen MR) is 311 cm³/mol. The first-order valence-electron chi connectivity index (χ1n) is 30.0. The molecule has 0 aromatic carbocycles. The van der Waals surface area contributed by atoms with Crippen molar-refractivity contribution in [2.75, 3.05) is 168 Å². The second kappa shape index (κ2) is 37.5. The van der Waals surface area contributed by atoms with E-state index in [0.717, 1.165) is 0 Å². The summed E-state index contributed by atoms with van der Waals surface area (Å²) in [5.74, 6) is 0.213. The van der Waals surface area contributed by atoms with E-state index < -0.39 is 202 Å². The molecule has 32 nitrogen and oxygen atoms in total. The van der Waals surface area contributed by atoms with E-state index in [9.17, 15) is 15.0 Å². The molecule has 31 atom stereocenters. The number of aliphatic hydroxyl groups is 2. The van der Waals surface area contributed by atoms with Crippen LogP contribution in [0.2, 0.25) is 0 Å². The zero-order valence-corrected chi connectivity index (χ0v) is 56.0. The van der Waals surface area contributed by atoms with Gasteiger partial charge in [0.15, 0.2) is 31.5 Å². The van der Waals surface area contributed by atoms with Crippen LogP contribution in [0.5, 0.6) is 0 Å². The Kier molecular flexibility index (Phi) is 32.1. The lowest BCUT2D eigenvalue weighted by Gasteiger charge is -2.56. The molecule has 1 saturated carbocycles. The van der Waals surface area contributed by atoms with Crippen molar-refractivity contribution < 1.29 is 143 Å². The van der Waals surface area contributed by atoms with E-state index in [1.54, 1.807) is 14.0 Å². The lowest BCUT2D eigenvalue weighted by atomic mass is 9.66. The van der Waals surface area contributed by atoms with Crippen LogP contribution in [0, 0.1) is 18.3 Å². The Morgan fingerprint density at radius 1 is 0.407 bits per heavy atom. The molecule has 1 aliphatic carbocycles. The summed E-state index contributed by atoms with van der Waals surface area (Å²) < 4.78 is 168. The third kappa shape index (κ3) is 16.9. The van der Waals surface area contributed by atoms with E-state index in [4.69, 9.17) is 134 Å². The highest BCUT2D eigenvalue weighted by molar-refractivity contribution is 5.93. The zero-order chi connectivity index (χ0) is 66.9. The Hall–Kier alpha value is -2.17. The maximum atomic E-state index is 13.0. The number of aliphatic hydroxyl groups excluding tert-OH is 1. The first-order chi connectivity index (χ1) is 44.0. The van der Waals surface area contributed by atoms with Crippen LogP contribution in [-0.4, -0.2) is 367 Å². The van der Waals surface area contributed by atoms with E-state index in [-0.39, 0.29) is 33.0 Å². The Bertz CT molecular complexity index is 2130. The summed E-state index contributed by atoms with van der Waals surface area (Å²) in [7, 11) is 26.8. The van der Waals surface area contributed by atoms with Gasteiger partial charge in [0.1, 0.15) is 122 Å². The third-order valence-electron chi connectivity index (χ3n) is 18.1. The van der Waals surface area contributed by atoms with Crippen LogP contribution < -0.4 is 10.6 Å². The first-order valence-corrected chi connectivity index (χ1v) is 30.0. The van der Waals surface area contributed by atoms with Crippen LogP contribution in [-0.2, 0) is 133 Å². The first kappa shape index (κ1) is 77.8. The highest BCUT2D eigenvalue weighted by Gasteiger charge is 2.63. The minimum atomic E-state index is -1.95. The molecule has 32 heteroatoms. The molecule has 0 aromatic heterocycles. The van der Waals surface area contributed by atoms with Gasteiger partial charge >= 0.3 is 0 Å². The Balaban J connectivity index is 1.25. The van der Waals surface area contributed by atoms with Crippen LogP contribution in [0.4, 0.5) is 0 Å². The SMILES string of the molecule is C#CC(=O)NC1[C@@H](N[C@H]2C(C)O[C@@H](O[C@H]3C(COC)O[C@H](O[C@H]4C(COC)O[C@H](O[C@H]5C(COC)O[C@H](O[C@H]6C(COC)O[C@@H](OC)C(OC)[C@@H]6OC)C(OC)[C@@H]5OC)C(OC)[C@@H]4OC)C(OC)[C@@H]3OC)C(OC)[C@@H]2OC)C(OC)[C@H](OC)[C@@H](CO)C1(O)COC. The number of hydrogen-bond acceptors (Lipinski definition) is 31. The van der Waals surface area contributed by atoms with Crippen LogP contribution in [0.1, 0.15) is 6.92 Å². The second-order valence-corrected chi connectivity index (χ2v) is 22.8. The molecule has 5 aliphatic heterocycles. The normalized spacial score (nSPS) is 43.9. The molecule has 6 fully saturated rings. The number of rotatable bonds is 35. The van der Waals surface area contributed by atoms with E-state index >= 15 is 0 Å². The molecular formula is C59H104N2O30. The fourth-order valence-corrected chi connectivity index (χ4v) is 14.0. The summed E-state index contributed by atoms with van der Waals surface area (Å²) >= 11 is 0. The number of carbonyl (C=O) groups excluding carboxylic acids is 1. The number of terminal acetylenes is 1. The summed E-state index contributed by atoms with van der Waals surface area (Å²) in [6.45, 7) is 0.916. The minimum absolute atomic E-state index is 0.000279. The third-order valence-corrected chi connectivity index (χ3v) is 18.1. The highest BCUT2D eigenvalue weighted by atomic mass is 16.8. The lowest BCUT2D eigenvalue weighted by molar-refractivity contribution is -0.398. The maximum Gasteiger partial charge on any atom is 0.296 e. The average molecular weight is 1320 g/mol. The van der Waals surface area contributed by atoms with E-state index in [1.807, 2.05) is 0 Å². The number of carbonyl (C=O) groups is 1. The van der Waals surface area contributed by atoms with Gasteiger partial charge in [0.2, 0.25) is 0 Å². The number of methoxy groups -OCH3 is 18. The van der Waals surface area contributed by atoms with Crippen molar-refractivity contribution in [3.63, 3.8) is 0 Å². The molecule has 6 aliphatic rings. The maximum absolute atomic E-state index is 13.0. The molecule has 13 unspecified atom stereocenters. The molecule has 530 valence electrons. The Labute approximate surface area is 534 Å². The molecule has 5 saturated heterocycles. The van der Waals surface area contributed by atoms with Gasteiger partial charge in [-0.25, -0.2) is 0 Å². The largest absolute Gasteiger partial charge is 0.396 e. The molecule has 4 N–H and O–H groups in total. The van der Waals surface area contributed by atoms with E-state index in [0.29, 0.717) is 0 Å². The van der Waals surface area contributed by atoms with Crippen LogP contribution >= 0.6 is 0 Å². The molecule has 5 heterocycles. The van der Waals surface area contributed by atoms with Gasteiger partial charge in [0, 0.05) is 134 Å². The predicted octanol–water partition coefficient (Wildman–Crippen LogP) is -2.97. The zero-order valence-electron chi connectivity index (χ0n) is 56.0. The van der Waals surface area contributed by atoms with Gasteiger partial charge in [-0.05, 0) is 12.8 Å². The molecule has 6 rings (SSSR count). The Morgan fingerprint density at radius 3 is 1.01 bits per heavy atom. The van der Waals surface area contributed by atoms with Gasteiger partial charge in [0.05, 0.1) is 70.0 Å². The highest BCUT2D eigenvalue weighted by Crippen LogP contribution is 2.42. The lowest BCUT2D eigenvalue weighted by Crippen LogP contribution is -2.80. The van der Waals surface area contributed by atoms with Crippen molar-refractivity contribution in [1.82, 2.24) is 10.6 Å². The van der Waals surface area contributed by atoms with Crippen LogP contribution in [0.15, 0.2) is 0 Å². The minimum Gasteiger partial charge on any atom is -0.396 e.